The van der Waals surface area contributed by atoms with Crippen LogP contribution >= 0.6 is 0 Å². The molecule has 1 rings (SSSR count). The number of nitrogens with zero attached hydrogens (tertiary/aromatic N) is 1. The van der Waals surface area contributed by atoms with Gasteiger partial charge in [-0.3, -0.25) is 9.59 Å². The van der Waals surface area contributed by atoms with Crippen LogP contribution in [0, 0.1) is 5.41 Å². The fraction of sp³-hybridized carbons (Fsp3) is 0.769. The lowest BCUT2D eigenvalue weighted by Crippen LogP contribution is -2.52. The summed E-state index contributed by atoms with van der Waals surface area (Å²) in [7, 11) is 0. The standard InChI is InChI=1S/C13H23N3O4/c1-13(2,11(14)19)8-15-12(20)16-6-4-3-5-9(16)7-10(17)18/h9H,3-8H2,1-2H3,(H2,14,19)(H,15,20)(H,17,18). The largest absolute Gasteiger partial charge is 0.481 e. The van der Waals surface area contributed by atoms with Crippen molar-refractivity contribution in [2.75, 3.05) is 13.1 Å². The number of hydrogen-bond donors (Lipinski definition) is 3. The summed E-state index contributed by atoms with van der Waals surface area (Å²) < 4.78 is 0. The number of hydrogen-bond acceptors (Lipinski definition) is 3. The number of urea groups is 1. The maximum atomic E-state index is 12.1. The molecule has 7 nitrogen and oxygen atoms in total. The molecule has 4 N–H and O–H groups in total. The number of primary amides is 1. The summed E-state index contributed by atoms with van der Waals surface area (Å²) in [5.74, 6) is -1.40. The van der Waals surface area contributed by atoms with Crippen LogP contribution in [0.25, 0.3) is 0 Å². The molecule has 1 heterocycles. The minimum absolute atomic E-state index is 0.0490. The van der Waals surface area contributed by atoms with Crippen molar-refractivity contribution >= 4 is 17.9 Å². The first kappa shape index (κ1) is 16.3. The summed E-state index contributed by atoms with van der Waals surface area (Å²) in [5, 5.41) is 11.5. The Hall–Kier alpha value is -1.79. The molecule has 7 heteroatoms. The number of carbonyl (C=O) groups is 3. The van der Waals surface area contributed by atoms with Gasteiger partial charge >= 0.3 is 12.0 Å². The summed E-state index contributed by atoms with van der Waals surface area (Å²) in [4.78, 5) is 35.7. The van der Waals surface area contributed by atoms with Gasteiger partial charge < -0.3 is 21.1 Å². The highest BCUT2D eigenvalue weighted by Gasteiger charge is 2.31. The molecule has 3 amide bonds. The van der Waals surface area contributed by atoms with Gasteiger partial charge in [-0.15, -0.1) is 0 Å². The summed E-state index contributed by atoms with van der Waals surface area (Å²) in [6.07, 6.45) is 2.43. The average molecular weight is 285 g/mol. The summed E-state index contributed by atoms with van der Waals surface area (Å²) in [6.45, 7) is 3.99. The van der Waals surface area contributed by atoms with Gasteiger partial charge in [0.15, 0.2) is 0 Å². The van der Waals surface area contributed by atoms with Crippen molar-refractivity contribution in [2.24, 2.45) is 11.1 Å². The maximum absolute atomic E-state index is 12.1. The van der Waals surface area contributed by atoms with E-state index in [2.05, 4.69) is 5.32 Å². The van der Waals surface area contributed by atoms with Gasteiger partial charge in [-0.1, -0.05) is 0 Å². The second-order valence-corrected chi connectivity index (χ2v) is 5.85. The van der Waals surface area contributed by atoms with Crippen LogP contribution in [0.1, 0.15) is 39.5 Å². The van der Waals surface area contributed by atoms with Crippen molar-refractivity contribution < 1.29 is 19.5 Å². The number of piperidine rings is 1. The minimum atomic E-state index is -0.910. The Bertz CT molecular complexity index is 395. The van der Waals surface area contributed by atoms with E-state index in [1.165, 1.54) is 0 Å². The first-order valence-corrected chi connectivity index (χ1v) is 6.80. The van der Waals surface area contributed by atoms with Crippen molar-refractivity contribution in [1.29, 1.82) is 0 Å². The number of nitrogens with two attached hydrogens (primary N) is 1. The zero-order chi connectivity index (χ0) is 15.3. The number of amides is 3. The van der Waals surface area contributed by atoms with Crippen LogP contribution in [0.2, 0.25) is 0 Å². The van der Waals surface area contributed by atoms with E-state index in [1.807, 2.05) is 0 Å². The van der Waals surface area contributed by atoms with Crippen molar-refractivity contribution in [2.45, 2.75) is 45.6 Å². The van der Waals surface area contributed by atoms with Crippen molar-refractivity contribution in [3.63, 3.8) is 0 Å². The lowest BCUT2D eigenvalue weighted by Gasteiger charge is -2.35. The average Bonchev–Trinajstić information content (AvgIpc) is 2.36. The SMILES string of the molecule is CC(C)(CNC(=O)N1CCCCC1CC(=O)O)C(N)=O. The second kappa shape index (κ2) is 6.58. The Labute approximate surface area is 118 Å². The first-order chi connectivity index (χ1) is 9.24. The van der Waals surface area contributed by atoms with Crippen molar-refractivity contribution in [3.8, 4) is 0 Å². The molecule has 1 saturated heterocycles. The van der Waals surface area contributed by atoms with E-state index in [0.717, 1.165) is 12.8 Å². The van der Waals surface area contributed by atoms with E-state index in [4.69, 9.17) is 10.8 Å². The Morgan fingerprint density at radius 3 is 2.55 bits per heavy atom. The molecule has 1 aliphatic rings. The zero-order valence-electron chi connectivity index (χ0n) is 12.0. The van der Waals surface area contributed by atoms with Gasteiger partial charge in [0, 0.05) is 19.1 Å². The molecule has 20 heavy (non-hydrogen) atoms. The Morgan fingerprint density at radius 2 is 2.00 bits per heavy atom. The number of aliphatic carboxylic acids is 1. The zero-order valence-corrected chi connectivity index (χ0v) is 12.0. The number of carboxylic acid groups (broad SMARTS) is 1. The van der Waals surface area contributed by atoms with E-state index in [-0.39, 0.29) is 25.0 Å². The molecule has 114 valence electrons. The number of rotatable bonds is 5. The van der Waals surface area contributed by atoms with Crippen molar-refractivity contribution in [1.82, 2.24) is 10.2 Å². The predicted molar refractivity (Wildman–Crippen MR) is 73.0 cm³/mol. The van der Waals surface area contributed by atoms with Gasteiger partial charge in [-0.25, -0.2) is 4.79 Å². The Kier molecular flexibility index (Phi) is 5.35. The molecule has 0 aromatic heterocycles. The maximum Gasteiger partial charge on any atom is 0.317 e. The number of likely N-dealkylation sites (tertiary alicyclic amines) is 1. The molecular weight excluding hydrogens is 262 g/mol. The van der Waals surface area contributed by atoms with Gasteiger partial charge in [-0.2, -0.15) is 0 Å². The molecule has 1 atom stereocenters. The Morgan fingerprint density at radius 1 is 1.35 bits per heavy atom. The molecule has 0 aromatic carbocycles. The molecule has 0 radical (unpaired) electrons. The predicted octanol–water partition coefficient (Wildman–Crippen LogP) is 0.537. The normalized spacial score (nSPS) is 19.5. The van der Waals surface area contributed by atoms with Crippen LogP contribution in [0.3, 0.4) is 0 Å². The molecule has 1 fully saturated rings. The third-order valence-corrected chi connectivity index (χ3v) is 3.65. The van der Waals surface area contributed by atoms with Gasteiger partial charge in [0.1, 0.15) is 0 Å². The second-order valence-electron chi connectivity index (χ2n) is 5.85. The van der Waals surface area contributed by atoms with Crippen LogP contribution in [-0.2, 0) is 9.59 Å². The molecular formula is C13H23N3O4. The topological polar surface area (TPSA) is 113 Å². The van der Waals surface area contributed by atoms with E-state index < -0.39 is 17.3 Å². The smallest absolute Gasteiger partial charge is 0.317 e. The monoisotopic (exact) mass is 285 g/mol. The molecule has 0 aromatic rings. The first-order valence-electron chi connectivity index (χ1n) is 6.80. The van der Waals surface area contributed by atoms with Crippen LogP contribution in [0.4, 0.5) is 4.79 Å². The van der Waals surface area contributed by atoms with E-state index in [0.29, 0.717) is 13.0 Å². The molecule has 1 aliphatic heterocycles. The van der Waals surface area contributed by atoms with Crippen molar-refractivity contribution in [3.05, 3.63) is 0 Å². The summed E-state index contributed by atoms with van der Waals surface area (Å²) in [6, 6.07) is -0.608. The van der Waals surface area contributed by atoms with E-state index in [9.17, 15) is 14.4 Å². The highest BCUT2D eigenvalue weighted by molar-refractivity contribution is 5.82. The fourth-order valence-electron chi connectivity index (χ4n) is 2.17. The number of carboxylic acids is 1. The summed E-state index contributed by atoms with van der Waals surface area (Å²) in [5.41, 5.74) is 4.42. The number of carbonyl (C=O) groups excluding carboxylic acids is 2. The lowest BCUT2D eigenvalue weighted by molar-refractivity contribution is -0.138. The highest BCUT2D eigenvalue weighted by Crippen LogP contribution is 2.20. The fourth-order valence-corrected chi connectivity index (χ4v) is 2.17. The quantitative estimate of drug-likeness (QED) is 0.684. The van der Waals surface area contributed by atoms with Gasteiger partial charge in [0.25, 0.3) is 0 Å². The molecule has 0 spiro atoms. The molecule has 0 bridgehead atoms. The van der Waals surface area contributed by atoms with Crippen LogP contribution < -0.4 is 11.1 Å². The number of nitrogens with one attached hydrogen (secondary N) is 1. The van der Waals surface area contributed by atoms with Gasteiger partial charge in [-0.05, 0) is 33.1 Å². The van der Waals surface area contributed by atoms with E-state index >= 15 is 0 Å². The van der Waals surface area contributed by atoms with Gasteiger partial charge in [0.2, 0.25) is 5.91 Å². The third-order valence-electron chi connectivity index (χ3n) is 3.65. The summed E-state index contributed by atoms with van der Waals surface area (Å²) >= 11 is 0. The van der Waals surface area contributed by atoms with Gasteiger partial charge in [0.05, 0.1) is 11.8 Å². The molecule has 1 unspecified atom stereocenters. The van der Waals surface area contributed by atoms with E-state index in [1.54, 1.807) is 18.7 Å². The molecule has 0 saturated carbocycles. The minimum Gasteiger partial charge on any atom is -0.481 e. The van der Waals surface area contributed by atoms with Crippen LogP contribution in [-0.4, -0.2) is 47.0 Å². The third kappa shape index (κ3) is 4.40. The van der Waals surface area contributed by atoms with Crippen LogP contribution in [0.15, 0.2) is 0 Å². The van der Waals surface area contributed by atoms with Crippen LogP contribution in [0.5, 0.6) is 0 Å². The Balaban J connectivity index is 2.59. The highest BCUT2D eigenvalue weighted by atomic mass is 16.4. The molecule has 0 aliphatic carbocycles. The lowest BCUT2D eigenvalue weighted by atomic mass is 9.93.